The molecule has 0 spiro atoms. The summed E-state index contributed by atoms with van der Waals surface area (Å²) in [6.07, 6.45) is -1.93. The zero-order chi connectivity index (χ0) is 8.43. The van der Waals surface area contributed by atoms with Crippen molar-refractivity contribution in [2.45, 2.75) is 31.2 Å². The van der Waals surface area contributed by atoms with Gasteiger partial charge in [0.15, 0.2) is 0 Å². The molecule has 66 valence electrons. The van der Waals surface area contributed by atoms with Gasteiger partial charge in [-0.2, -0.15) is 0 Å². The van der Waals surface area contributed by atoms with Gasteiger partial charge in [-0.3, -0.25) is 0 Å². The van der Waals surface area contributed by atoms with E-state index in [2.05, 4.69) is 0 Å². The summed E-state index contributed by atoms with van der Waals surface area (Å²) in [5, 5.41) is 35.9. The van der Waals surface area contributed by atoms with Gasteiger partial charge in [-0.05, 0) is 18.8 Å². The molecule has 4 heteroatoms. The number of rotatable bonds is 2. The van der Waals surface area contributed by atoms with Crippen molar-refractivity contribution in [1.82, 2.24) is 0 Å². The van der Waals surface area contributed by atoms with Crippen molar-refractivity contribution >= 4 is 0 Å². The molecule has 1 saturated carbocycles. The van der Waals surface area contributed by atoms with Gasteiger partial charge in [0.1, 0.15) is 6.10 Å². The lowest BCUT2D eigenvalue weighted by atomic mass is 10.0. The first-order valence-electron chi connectivity index (χ1n) is 3.82. The molecule has 0 radical (unpaired) electrons. The first-order chi connectivity index (χ1) is 5.16. The second-order valence-electron chi connectivity index (χ2n) is 3.06. The van der Waals surface area contributed by atoms with Crippen molar-refractivity contribution in [3.05, 3.63) is 0 Å². The molecule has 4 N–H and O–H groups in total. The molecule has 0 heterocycles. The van der Waals surface area contributed by atoms with Crippen molar-refractivity contribution in [3.8, 4) is 0 Å². The fourth-order valence-corrected chi connectivity index (χ4v) is 1.55. The fourth-order valence-electron chi connectivity index (χ4n) is 1.55. The molecule has 11 heavy (non-hydrogen) atoms. The summed E-state index contributed by atoms with van der Waals surface area (Å²) < 4.78 is 0. The van der Waals surface area contributed by atoms with Crippen LogP contribution >= 0.6 is 0 Å². The zero-order valence-electron chi connectivity index (χ0n) is 6.22. The molecule has 0 aliphatic heterocycles. The maximum absolute atomic E-state index is 9.24. The lowest BCUT2D eigenvalue weighted by molar-refractivity contribution is -0.0274. The summed E-state index contributed by atoms with van der Waals surface area (Å²) in [6.45, 7) is -0.0127. The van der Waals surface area contributed by atoms with E-state index in [1.54, 1.807) is 0 Å². The van der Waals surface area contributed by atoms with Crippen LogP contribution in [-0.2, 0) is 0 Å². The Hall–Kier alpha value is -0.160. The van der Waals surface area contributed by atoms with Crippen LogP contribution in [-0.4, -0.2) is 45.3 Å². The second-order valence-corrected chi connectivity index (χ2v) is 3.06. The number of aliphatic hydroxyl groups excluding tert-OH is 4. The SMILES string of the molecule is OCC[C@@H]1C[C@@H](O)[C@@H](O)[C@@H]1O. The minimum atomic E-state index is -1.04. The Morgan fingerprint density at radius 1 is 1.09 bits per heavy atom. The van der Waals surface area contributed by atoms with E-state index in [0.29, 0.717) is 12.8 Å². The summed E-state index contributed by atoms with van der Waals surface area (Å²) in [7, 11) is 0. The molecule has 4 atom stereocenters. The molecule has 1 aliphatic carbocycles. The van der Waals surface area contributed by atoms with Crippen LogP contribution in [0.4, 0.5) is 0 Å². The highest BCUT2D eigenvalue weighted by molar-refractivity contribution is 4.90. The molecule has 0 aromatic rings. The first-order valence-corrected chi connectivity index (χ1v) is 3.82. The number of hydrogen-bond acceptors (Lipinski definition) is 4. The summed E-state index contributed by atoms with van der Waals surface area (Å²) in [5.41, 5.74) is 0. The van der Waals surface area contributed by atoms with Gasteiger partial charge in [-0.15, -0.1) is 0 Å². The van der Waals surface area contributed by atoms with Crippen molar-refractivity contribution in [1.29, 1.82) is 0 Å². The van der Waals surface area contributed by atoms with Crippen LogP contribution in [0.25, 0.3) is 0 Å². The normalized spacial score (nSPS) is 44.7. The molecule has 0 aromatic carbocycles. The molecule has 0 bridgehead atoms. The third-order valence-electron chi connectivity index (χ3n) is 2.27. The predicted octanol–water partition coefficient (Wildman–Crippen LogP) is -1.53. The maximum Gasteiger partial charge on any atom is 0.106 e. The van der Waals surface area contributed by atoms with E-state index in [9.17, 15) is 5.11 Å². The van der Waals surface area contributed by atoms with Crippen LogP contribution < -0.4 is 0 Å². The number of hydrogen-bond donors (Lipinski definition) is 4. The maximum atomic E-state index is 9.24. The second kappa shape index (κ2) is 3.49. The highest BCUT2D eigenvalue weighted by Crippen LogP contribution is 2.28. The molecular formula is C7H14O4. The third-order valence-corrected chi connectivity index (χ3v) is 2.27. The topological polar surface area (TPSA) is 80.9 Å². The smallest absolute Gasteiger partial charge is 0.106 e. The Morgan fingerprint density at radius 3 is 2.09 bits per heavy atom. The van der Waals surface area contributed by atoms with Crippen molar-refractivity contribution < 1.29 is 20.4 Å². The van der Waals surface area contributed by atoms with Gasteiger partial charge in [-0.25, -0.2) is 0 Å². The highest BCUT2D eigenvalue weighted by Gasteiger charge is 2.39. The Balaban J connectivity index is 2.45. The van der Waals surface area contributed by atoms with E-state index in [1.165, 1.54) is 0 Å². The van der Waals surface area contributed by atoms with E-state index in [1.807, 2.05) is 0 Å². The van der Waals surface area contributed by atoms with E-state index in [-0.39, 0.29) is 12.5 Å². The van der Waals surface area contributed by atoms with Gasteiger partial charge in [-0.1, -0.05) is 0 Å². The zero-order valence-corrected chi connectivity index (χ0v) is 6.22. The Morgan fingerprint density at radius 2 is 1.73 bits per heavy atom. The minimum Gasteiger partial charge on any atom is -0.396 e. The minimum absolute atomic E-state index is 0.0127. The molecular weight excluding hydrogens is 148 g/mol. The molecule has 0 unspecified atom stereocenters. The molecule has 1 rings (SSSR count). The Labute approximate surface area is 65.1 Å². The van der Waals surface area contributed by atoms with E-state index in [0.717, 1.165) is 0 Å². The van der Waals surface area contributed by atoms with Gasteiger partial charge in [0, 0.05) is 6.61 Å². The summed E-state index contributed by atoms with van der Waals surface area (Å²) >= 11 is 0. The van der Waals surface area contributed by atoms with Crippen LogP contribution in [0.2, 0.25) is 0 Å². The molecule has 1 aliphatic rings. The summed E-state index contributed by atoms with van der Waals surface area (Å²) in [6, 6.07) is 0. The lowest BCUT2D eigenvalue weighted by Crippen LogP contribution is -2.30. The van der Waals surface area contributed by atoms with Crippen LogP contribution in [0.5, 0.6) is 0 Å². The molecule has 4 nitrogen and oxygen atoms in total. The van der Waals surface area contributed by atoms with Gasteiger partial charge < -0.3 is 20.4 Å². The lowest BCUT2D eigenvalue weighted by Gasteiger charge is -2.14. The van der Waals surface area contributed by atoms with Gasteiger partial charge in [0.2, 0.25) is 0 Å². The summed E-state index contributed by atoms with van der Waals surface area (Å²) in [5.74, 6) is -0.162. The Kier molecular flexibility index (Phi) is 2.84. The van der Waals surface area contributed by atoms with Crippen LogP contribution in [0.3, 0.4) is 0 Å². The van der Waals surface area contributed by atoms with Crippen LogP contribution in [0.15, 0.2) is 0 Å². The number of aliphatic hydroxyl groups is 4. The van der Waals surface area contributed by atoms with E-state index in [4.69, 9.17) is 15.3 Å². The van der Waals surface area contributed by atoms with Gasteiger partial charge in [0.25, 0.3) is 0 Å². The van der Waals surface area contributed by atoms with Crippen LogP contribution in [0, 0.1) is 5.92 Å². The van der Waals surface area contributed by atoms with Crippen molar-refractivity contribution in [2.24, 2.45) is 5.92 Å². The average molecular weight is 162 g/mol. The van der Waals surface area contributed by atoms with E-state index >= 15 is 0 Å². The fraction of sp³-hybridized carbons (Fsp3) is 1.00. The van der Waals surface area contributed by atoms with Gasteiger partial charge in [0.05, 0.1) is 12.2 Å². The highest BCUT2D eigenvalue weighted by atomic mass is 16.4. The molecule has 1 fully saturated rings. The van der Waals surface area contributed by atoms with Crippen molar-refractivity contribution in [3.63, 3.8) is 0 Å². The van der Waals surface area contributed by atoms with Crippen molar-refractivity contribution in [2.75, 3.05) is 6.61 Å². The quantitative estimate of drug-likeness (QED) is 0.397. The molecule has 0 saturated heterocycles. The average Bonchev–Trinajstić information content (AvgIpc) is 2.19. The first kappa shape index (κ1) is 8.93. The molecule has 0 aromatic heterocycles. The third kappa shape index (κ3) is 1.70. The monoisotopic (exact) mass is 162 g/mol. The van der Waals surface area contributed by atoms with Gasteiger partial charge >= 0.3 is 0 Å². The molecule has 0 amide bonds. The van der Waals surface area contributed by atoms with E-state index < -0.39 is 18.3 Å². The van der Waals surface area contributed by atoms with Crippen LogP contribution in [0.1, 0.15) is 12.8 Å². The Bertz CT molecular complexity index is 128. The predicted molar refractivity (Wildman–Crippen MR) is 37.8 cm³/mol. The largest absolute Gasteiger partial charge is 0.396 e. The standard InChI is InChI=1S/C7H14O4/c8-2-1-4-3-5(9)7(11)6(4)10/h4-11H,1-3H2/t4-,5-,6-,7-/m1/s1. The summed E-state index contributed by atoms with van der Waals surface area (Å²) in [4.78, 5) is 0.